The zero-order chi connectivity index (χ0) is 28.9. The third-order valence-corrected chi connectivity index (χ3v) is 12.2. The molecule has 224 valence electrons. The summed E-state index contributed by atoms with van der Waals surface area (Å²) in [6, 6.07) is 0. The second-order valence-electron chi connectivity index (χ2n) is 14.4. The van der Waals surface area contributed by atoms with Crippen LogP contribution in [0.4, 0.5) is 0 Å². The molecule has 0 saturated heterocycles. The van der Waals surface area contributed by atoms with E-state index in [-0.39, 0.29) is 24.3 Å². The highest BCUT2D eigenvalue weighted by molar-refractivity contribution is 5.88. The summed E-state index contributed by atoms with van der Waals surface area (Å²) in [5.74, 6) is 6.97. The Bertz CT molecular complexity index is 955. The molecule has 0 heterocycles. The van der Waals surface area contributed by atoms with E-state index in [0.717, 1.165) is 68.1 Å². The number of hydrogen-bond acceptors (Lipinski definition) is 3. The maximum atomic E-state index is 12.5. The molecule has 0 aliphatic heterocycles. The van der Waals surface area contributed by atoms with E-state index in [0.29, 0.717) is 23.2 Å². The molecular weight excluding hydrogens is 496 g/mol. The molecule has 40 heavy (non-hydrogen) atoms. The number of fused-ring (bicyclic) bond motifs is 5. The Labute approximate surface area is 244 Å². The Balaban J connectivity index is 1.27. The third-order valence-electron chi connectivity index (χ3n) is 12.2. The second-order valence-corrected chi connectivity index (χ2v) is 14.4. The van der Waals surface area contributed by atoms with Gasteiger partial charge in [0.05, 0.1) is 6.10 Å². The molecule has 5 nitrogen and oxygen atoms in total. The van der Waals surface area contributed by atoms with Crippen molar-refractivity contribution in [3.8, 4) is 12.3 Å². The van der Waals surface area contributed by atoms with Gasteiger partial charge in [-0.1, -0.05) is 40.2 Å². The van der Waals surface area contributed by atoms with Gasteiger partial charge in [-0.2, -0.15) is 0 Å². The van der Waals surface area contributed by atoms with Gasteiger partial charge in [0.15, 0.2) is 0 Å². The SMILES string of the molecule is C#CCC(NC(=O)C=CCCC(C)C1CCC2C3CCC4CC(O)CCC4(C)C3CCC12C)NC(=O)CCCC. The van der Waals surface area contributed by atoms with Gasteiger partial charge in [0.25, 0.3) is 0 Å². The predicted octanol–water partition coefficient (Wildman–Crippen LogP) is 6.75. The minimum atomic E-state index is -0.521. The average Bonchev–Trinajstić information content (AvgIpc) is 3.27. The van der Waals surface area contributed by atoms with E-state index in [4.69, 9.17) is 6.42 Å². The molecule has 0 aromatic rings. The second kappa shape index (κ2) is 13.5. The maximum absolute atomic E-state index is 12.5. The van der Waals surface area contributed by atoms with Crippen LogP contribution in [0.5, 0.6) is 0 Å². The third kappa shape index (κ3) is 6.64. The number of terminal acetylenes is 1. The first kappa shape index (κ1) is 31.1. The summed E-state index contributed by atoms with van der Waals surface area (Å²) in [5, 5.41) is 16.0. The lowest BCUT2D eigenvalue weighted by molar-refractivity contribution is -0.129. The van der Waals surface area contributed by atoms with Crippen molar-refractivity contribution in [3.05, 3.63) is 12.2 Å². The molecule has 0 radical (unpaired) electrons. The molecule has 4 saturated carbocycles. The molecule has 10 atom stereocenters. The van der Waals surface area contributed by atoms with Gasteiger partial charge < -0.3 is 15.7 Å². The highest BCUT2D eigenvalue weighted by atomic mass is 16.3. The monoisotopic (exact) mass is 552 g/mol. The van der Waals surface area contributed by atoms with E-state index in [9.17, 15) is 14.7 Å². The van der Waals surface area contributed by atoms with Crippen molar-refractivity contribution in [2.75, 3.05) is 0 Å². The van der Waals surface area contributed by atoms with Gasteiger partial charge >= 0.3 is 0 Å². The van der Waals surface area contributed by atoms with E-state index in [1.165, 1.54) is 44.9 Å². The van der Waals surface area contributed by atoms with Crippen LogP contribution in [0.2, 0.25) is 0 Å². The van der Waals surface area contributed by atoms with Gasteiger partial charge in [-0.05, 0) is 129 Å². The van der Waals surface area contributed by atoms with Crippen LogP contribution in [0.15, 0.2) is 12.2 Å². The molecule has 10 unspecified atom stereocenters. The van der Waals surface area contributed by atoms with E-state index < -0.39 is 6.17 Å². The topological polar surface area (TPSA) is 78.4 Å². The normalized spacial score (nSPS) is 38.4. The Morgan fingerprint density at radius 3 is 2.55 bits per heavy atom. The molecule has 4 fully saturated rings. The number of allylic oxidation sites excluding steroid dienone is 1. The van der Waals surface area contributed by atoms with Crippen molar-refractivity contribution in [3.63, 3.8) is 0 Å². The molecule has 0 bridgehead atoms. The standard InChI is InChI=1S/C35H56N2O3/c1-6-8-13-32(39)36-31(11-7-2)37-33(40)14-10-9-12-24(3)28-17-18-29-27-16-15-25-23-26(38)19-21-34(25,4)30(27)20-22-35(28,29)5/h2,10,14,24-31,38H,6,8-9,11-13,15-23H2,1,3-5H3,(H,36,39)(H,37,40). The van der Waals surface area contributed by atoms with Gasteiger partial charge in [-0.3, -0.25) is 9.59 Å². The van der Waals surface area contributed by atoms with Crippen LogP contribution in [0, 0.1) is 58.7 Å². The summed E-state index contributed by atoms with van der Waals surface area (Å²) >= 11 is 0. The Hall–Kier alpha value is -1.80. The van der Waals surface area contributed by atoms with Gasteiger partial charge in [0, 0.05) is 12.8 Å². The molecule has 4 aliphatic carbocycles. The highest BCUT2D eigenvalue weighted by Crippen LogP contribution is 2.68. The van der Waals surface area contributed by atoms with Crippen molar-refractivity contribution in [1.82, 2.24) is 10.6 Å². The number of hydrogen-bond donors (Lipinski definition) is 3. The maximum Gasteiger partial charge on any atom is 0.245 e. The average molecular weight is 553 g/mol. The molecule has 5 heteroatoms. The number of carbonyl (C=O) groups is 2. The van der Waals surface area contributed by atoms with E-state index >= 15 is 0 Å². The molecule has 2 amide bonds. The summed E-state index contributed by atoms with van der Waals surface area (Å²) in [7, 11) is 0. The minimum Gasteiger partial charge on any atom is -0.393 e. The molecule has 3 N–H and O–H groups in total. The van der Waals surface area contributed by atoms with Crippen LogP contribution in [-0.4, -0.2) is 29.2 Å². The lowest BCUT2D eigenvalue weighted by Gasteiger charge is -2.61. The van der Waals surface area contributed by atoms with Crippen LogP contribution in [-0.2, 0) is 9.59 Å². The number of rotatable bonds is 11. The van der Waals surface area contributed by atoms with E-state index in [2.05, 4.69) is 37.3 Å². The molecule has 0 spiro atoms. The van der Waals surface area contributed by atoms with Crippen LogP contribution in [0.3, 0.4) is 0 Å². The number of carbonyl (C=O) groups excluding carboxylic acids is 2. The van der Waals surface area contributed by atoms with Crippen LogP contribution < -0.4 is 10.6 Å². The van der Waals surface area contributed by atoms with Crippen molar-refractivity contribution < 1.29 is 14.7 Å². The molecule has 0 aromatic heterocycles. The largest absolute Gasteiger partial charge is 0.393 e. The van der Waals surface area contributed by atoms with Crippen LogP contribution in [0.25, 0.3) is 0 Å². The highest BCUT2D eigenvalue weighted by Gasteiger charge is 2.60. The van der Waals surface area contributed by atoms with Gasteiger partial charge in [0.2, 0.25) is 11.8 Å². The van der Waals surface area contributed by atoms with E-state index in [1.54, 1.807) is 6.08 Å². The Morgan fingerprint density at radius 1 is 1.05 bits per heavy atom. The lowest BCUT2D eigenvalue weighted by atomic mass is 9.44. The summed E-state index contributed by atoms with van der Waals surface area (Å²) in [4.78, 5) is 24.6. The van der Waals surface area contributed by atoms with Gasteiger partial charge in [-0.15, -0.1) is 12.3 Å². The number of aliphatic hydroxyl groups is 1. The van der Waals surface area contributed by atoms with Crippen LogP contribution in [0.1, 0.15) is 124 Å². The summed E-state index contributed by atoms with van der Waals surface area (Å²) in [6.07, 6.45) is 24.4. The smallest absolute Gasteiger partial charge is 0.245 e. The predicted molar refractivity (Wildman–Crippen MR) is 162 cm³/mol. The molecule has 0 aromatic carbocycles. The van der Waals surface area contributed by atoms with E-state index in [1.807, 2.05) is 13.0 Å². The zero-order valence-electron chi connectivity index (χ0n) is 25.7. The number of nitrogens with one attached hydrogen (secondary N) is 2. The summed E-state index contributed by atoms with van der Waals surface area (Å²) < 4.78 is 0. The van der Waals surface area contributed by atoms with Gasteiger partial charge in [-0.25, -0.2) is 0 Å². The molecule has 4 aliphatic rings. The first-order chi connectivity index (χ1) is 19.1. The van der Waals surface area contributed by atoms with Crippen molar-refractivity contribution in [2.45, 2.75) is 136 Å². The minimum absolute atomic E-state index is 0.0684. The van der Waals surface area contributed by atoms with Crippen molar-refractivity contribution >= 4 is 11.8 Å². The fourth-order valence-electron chi connectivity index (χ4n) is 10.0. The fourth-order valence-corrected chi connectivity index (χ4v) is 10.0. The zero-order valence-corrected chi connectivity index (χ0v) is 25.7. The lowest BCUT2D eigenvalue weighted by Crippen LogP contribution is -2.54. The fraction of sp³-hybridized carbons (Fsp3) is 0.829. The summed E-state index contributed by atoms with van der Waals surface area (Å²) in [5.41, 5.74) is 0.883. The van der Waals surface area contributed by atoms with Crippen molar-refractivity contribution in [2.24, 2.45) is 46.3 Å². The van der Waals surface area contributed by atoms with Crippen LogP contribution >= 0.6 is 0 Å². The molecular formula is C35H56N2O3. The number of unbranched alkanes of at least 4 members (excludes halogenated alkanes) is 1. The van der Waals surface area contributed by atoms with Gasteiger partial charge in [0.1, 0.15) is 6.17 Å². The first-order valence-corrected chi connectivity index (χ1v) is 16.5. The quantitative estimate of drug-likeness (QED) is 0.151. The van der Waals surface area contributed by atoms with Crippen molar-refractivity contribution in [1.29, 1.82) is 0 Å². The first-order valence-electron chi connectivity index (χ1n) is 16.5. The Kier molecular flexibility index (Phi) is 10.5. The number of amides is 2. The Morgan fingerprint density at radius 2 is 1.80 bits per heavy atom. The molecule has 4 rings (SSSR count). The number of aliphatic hydroxyl groups excluding tert-OH is 1. The summed E-state index contributed by atoms with van der Waals surface area (Å²) in [6.45, 7) is 9.68.